The van der Waals surface area contributed by atoms with Crippen LogP contribution in [-0.4, -0.2) is 87.6 Å². The molecule has 0 spiro atoms. The monoisotopic (exact) mass is 802 g/mol. The van der Waals surface area contributed by atoms with Gasteiger partial charge in [-0.2, -0.15) is 28.4 Å². The fourth-order valence-electron chi connectivity index (χ4n) is 9.06. The number of nitrogens with zero attached hydrogens (tertiary/aromatic N) is 6. The number of thiazole rings is 1. The Labute approximate surface area is 322 Å². The molecule has 1 unspecified atom stereocenters. The Bertz CT molecular complexity index is 2240. The third kappa shape index (κ3) is 6.95. The van der Waals surface area contributed by atoms with E-state index >= 15 is 22.0 Å². The van der Waals surface area contributed by atoms with Gasteiger partial charge in [-0.15, -0.1) is 0 Å². The molecular formula is C38H40F6N8O3S. The molecule has 6 heterocycles. The number of anilines is 2. The Morgan fingerprint density at radius 3 is 2.70 bits per heavy atom. The molecular weight excluding hydrogens is 763 g/mol. The molecule has 2 aromatic heterocycles. The second-order valence-electron chi connectivity index (χ2n) is 16.0. The van der Waals surface area contributed by atoms with Gasteiger partial charge < -0.3 is 19.7 Å². The second kappa shape index (κ2) is 14.2. The molecule has 4 aliphatic heterocycles. The average molecular weight is 803 g/mol. The predicted octanol–water partition coefficient (Wildman–Crippen LogP) is 8.12. The first-order valence-electron chi connectivity index (χ1n) is 18.7. The zero-order valence-corrected chi connectivity index (χ0v) is 31.7. The van der Waals surface area contributed by atoms with Crippen molar-refractivity contribution in [2.45, 2.75) is 107 Å². The van der Waals surface area contributed by atoms with E-state index in [0.29, 0.717) is 43.7 Å². The van der Waals surface area contributed by atoms with Gasteiger partial charge in [-0.1, -0.05) is 11.3 Å². The lowest BCUT2D eigenvalue weighted by atomic mass is 9.95. The van der Waals surface area contributed by atoms with Crippen LogP contribution < -0.4 is 20.3 Å². The molecule has 0 saturated carbocycles. The first-order chi connectivity index (χ1) is 26.5. The fourth-order valence-corrected chi connectivity index (χ4v) is 9.94. The summed E-state index contributed by atoms with van der Waals surface area (Å²) in [6.07, 6.45) is -2.98. The Morgan fingerprint density at radius 2 is 1.95 bits per heavy atom. The minimum absolute atomic E-state index is 0.00348. The van der Waals surface area contributed by atoms with Gasteiger partial charge in [-0.3, -0.25) is 10.2 Å². The van der Waals surface area contributed by atoms with E-state index in [-0.39, 0.29) is 82.2 Å². The number of benzene rings is 2. The normalized spacial score (nSPS) is 25.0. The van der Waals surface area contributed by atoms with E-state index in [2.05, 4.69) is 31.7 Å². The molecule has 0 radical (unpaired) electrons. The summed E-state index contributed by atoms with van der Waals surface area (Å²) < 4.78 is 104. The lowest BCUT2D eigenvalue weighted by Gasteiger charge is -2.31. The molecule has 4 saturated heterocycles. The molecule has 298 valence electrons. The third-order valence-electron chi connectivity index (χ3n) is 11.2. The van der Waals surface area contributed by atoms with Gasteiger partial charge in [0.05, 0.1) is 27.4 Å². The van der Waals surface area contributed by atoms with Gasteiger partial charge in [0.15, 0.2) is 10.9 Å². The Balaban J connectivity index is 1.28. The molecule has 4 aromatic rings. The van der Waals surface area contributed by atoms with Crippen LogP contribution >= 0.6 is 11.3 Å². The number of nitriles is 1. The van der Waals surface area contributed by atoms with Gasteiger partial charge in [-0.25, -0.2) is 22.9 Å². The van der Waals surface area contributed by atoms with Crippen LogP contribution in [0.4, 0.5) is 42.1 Å². The van der Waals surface area contributed by atoms with Crippen molar-refractivity contribution in [2.75, 3.05) is 36.5 Å². The van der Waals surface area contributed by atoms with Crippen LogP contribution in [0.1, 0.15) is 71.3 Å². The smallest absolute Gasteiger partial charge is 0.417 e. The van der Waals surface area contributed by atoms with Gasteiger partial charge >= 0.3 is 18.3 Å². The molecule has 56 heavy (non-hydrogen) atoms. The molecule has 18 heteroatoms. The molecule has 0 aliphatic carbocycles. The number of alkyl halides is 4. The number of carbonyl (C=O) groups is 1. The van der Waals surface area contributed by atoms with Gasteiger partial charge in [0.2, 0.25) is 0 Å². The third-order valence-corrected chi connectivity index (χ3v) is 12.2. The molecule has 11 nitrogen and oxygen atoms in total. The molecule has 2 bridgehead atoms. The van der Waals surface area contributed by atoms with E-state index in [0.717, 1.165) is 31.0 Å². The first kappa shape index (κ1) is 38.4. The second-order valence-corrected chi connectivity index (χ2v) is 17.0. The first-order valence-corrected chi connectivity index (χ1v) is 19.5. The highest BCUT2D eigenvalue weighted by molar-refractivity contribution is 7.22. The molecule has 4 fully saturated rings. The number of aromatic nitrogens is 3. The maximum atomic E-state index is 17.3. The lowest BCUT2D eigenvalue weighted by Crippen LogP contribution is -2.43. The zero-order valence-electron chi connectivity index (χ0n) is 30.9. The van der Waals surface area contributed by atoms with Crippen molar-refractivity contribution in [1.29, 1.82) is 5.26 Å². The highest BCUT2D eigenvalue weighted by Crippen LogP contribution is 2.49. The minimum atomic E-state index is -5.10. The van der Waals surface area contributed by atoms with E-state index in [1.807, 2.05) is 9.80 Å². The van der Waals surface area contributed by atoms with Crippen molar-refractivity contribution >= 4 is 49.5 Å². The molecule has 4 aliphatic rings. The average Bonchev–Trinajstić information content (AvgIpc) is 3.93. The summed E-state index contributed by atoms with van der Waals surface area (Å²) in [6, 6.07) is 4.17. The number of rotatable bonds is 9. The minimum Gasteiger partial charge on any atom is -0.461 e. The quantitative estimate of drug-likeness (QED) is 0.127. The summed E-state index contributed by atoms with van der Waals surface area (Å²) in [5.74, 6) is -2.10. The number of nitrogens with one attached hydrogen (secondary N) is 2. The number of hydrogen-bond acceptors (Lipinski definition) is 11. The van der Waals surface area contributed by atoms with Gasteiger partial charge in [0.1, 0.15) is 35.5 Å². The summed E-state index contributed by atoms with van der Waals surface area (Å²) in [6.45, 7) is 6.29. The highest BCUT2D eigenvalue weighted by atomic mass is 32.1. The van der Waals surface area contributed by atoms with Gasteiger partial charge in [0, 0.05) is 60.6 Å². The van der Waals surface area contributed by atoms with E-state index in [4.69, 9.17) is 14.7 Å². The van der Waals surface area contributed by atoms with Crippen molar-refractivity contribution in [1.82, 2.24) is 25.2 Å². The van der Waals surface area contributed by atoms with Crippen molar-refractivity contribution in [3.63, 3.8) is 0 Å². The number of amides is 1. The standard InChI is InChI=1S/C38H40F6N8O3S/c1-36(2,3)55-35(53)50-34-48-30-21(7-8-24(40)31(30)56-34)27-23(38(42,43)44)15-22-29(28(27)41)47-33(54-18-37-10-4-13-51(37)17-19(39)16-37)49-32(22)52-20-6-9-26(52)25(14-20)46-12-5-11-45/h7-8,15,19-20,25-26,46H,4-6,9-10,12-14,16-18H2,1-3H3,(H,48,50,53)/t19-,20-,25?,26+,37+/m1/s1. The largest absolute Gasteiger partial charge is 0.461 e. The molecule has 5 atom stereocenters. The van der Waals surface area contributed by atoms with Crippen molar-refractivity contribution in [2.24, 2.45) is 0 Å². The van der Waals surface area contributed by atoms with Crippen molar-refractivity contribution in [3.05, 3.63) is 35.4 Å². The summed E-state index contributed by atoms with van der Waals surface area (Å²) in [5, 5.41) is 14.5. The van der Waals surface area contributed by atoms with E-state index in [9.17, 15) is 9.18 Å². The Morgan fingerprint density at radius 1 is 1.14 bits per heavy atom. The maximum Gasteiger partial charge on any atom is 0.417 e. The van der Waals surface area contributed by atoms with Crippen LogP contribution in [0.2, 0.25) is 0 Å². The number of carbonyl (C=O) groups excluding carboxylic acids is 1. The van der Waals surface area contributed by atoms with E-state index in [1.165, 1.54) is 0 Å². The SMILES string of the molecule is CC(C)(C)OC(=O)Nc1nc2c(-c3c(C(F)(F)F)cc4c(N5[C@@H]6CC[C@H]5C(NCCC#N)C6)nc(OC[C@@]56CCCN5C[C@H](F)C6)nc4c3F)ccc(F)c2s1. The van der Waals surface area contributed by atoms with E-state index in [1.54, 1.807) is 20.8 Å². The van der Waals surface area contributed by atoms with Gasteiger partial charge in [-0.05, 0) is 77.6 Å². The molecule has 1 amide bonds. The number of fused-ring (bicyclic) bond motifs is 5. The van der Waals surface area contributed by atoms with Crippen molar-refractivity contribution in [3.8, 4) is 23.2 Å². The summed E-state index contributed by atoms with van der Waals surface area (Å²) >= 11 is 0.663. The number of hydrogen-bond donors (Lipinski definition) is 2. The zero-order chi connectivity index (χ0) is 39.7. The van der Waals surface area contributed by atoms with Crippen LogP contribution in [0.15, 0.2) is 18.2 Å². The highest BCUT2D eigenvalue weighted by Gasteiger charge is 2.50. The van der Waals surface area contributed by atoms with Crippen LogP contribution in [0.5, 0.6) is 6.01 Å². The maximum absolute atomic E-state index is 17.3. The number of halogens is 6. The Hall–Kier alpha value is -4.47. The van der Waals surface area contributed by atoms with Crippen LogP contribution in [-0.2, 0) is 10.9 Å². The fraction of sp³-hybridized carbons (Fsp3) is 0.553. The predicted molar refractivity (Wildman–Crippen MR) is 197 cm³/mol. The van der Waals surface area contributed by atoms with Crippen LogP contribution in [0.3, 0.4) is 0 Å². The Kier molecular flexibility index (Phi) is 9.72. The molecule has 8 rings (SSSR count). The summed E-state index contributed by atoms with van der Waals surface area (Å²) in [5.41, 5.74) is -4.86. The molecule has 2 aromatic carbocycles. The van der Waals surface area contributed by atoms with Gasteiger partial charge in [0.25, 0.3) is 0 Å². The number of ether oxygens (including phenoxy) is 2. The van der Waals surface area contributed by atoms with Crippen LogP contribution in [0.25, 0.3) is 32.2 Å². The van der Waals surface area contributed by atoms with E-state index < -0.39 is 57.9 Å². The molecule has 2 N–H and O–H groups in total. The lowest BCUT2D eigenvalue weighted by molar-refractivity contribution is -0.137. The van der Waals surface area contributed by atoms with Crippen molar-refractivity contribution < 1.29 is 40.6 Å². The summed E-state index contributed by atoms with van der Waals surface area (Å²) in [4.78, 5) is 29.8. The van der Waals surface area contributed by atoms with Crippen LogP contribution in [0, 0.1) is 23.0 Å². The summed E-state index contributed by atoms with van der Waals surface area (Å²) in [7, 11) is 0. The topological polar surface area (TPSA) is 129 Å².